The average Bonchev–Trinajstić information content (AvgIpc) is 2.51. The van der Waals surface area contributed by atoms with Crippen molar-refractivity contribution in [1.29, 1.82) is 0 Å². The molecular formula is C15H20ClN3O4. The van der Waals surface area contributed by atoms with E-state index in [9.17, 15) is 14.9 Å². The molecule has 8 heteroatoms. The van der Waals surface area contributed by atoms with Crippen LogP contribution in [0.3, 0.4) is 0 Å². The van der Waals surface area contributed by atoms with Crippen LogP contribution in [0.15, 0.2) is 18.2 Å². The lowest BCUT2D eigenvalue weighted by molar-refractivity contribution is -0.385. The van der Waals surface area contributed by atoms with Gasteiger partial charge in [0.1, 0.15) is 0 Å². The minimum atomic E-state index is -0.558. The third-order valence-corrected chi connectivity index (χ3v) is 4.07. The van der Waals surface area contributed by atoms with Crippen molar-refractivity contribution in [2.75, 3.05) is 19.7 Å². The van der Waals surface area contributed by atoms with Crippen LogP contribution in [0.2, 0.25) is 5.02 Å². The molecule has 2 atom stereocenters. The zero-order chi connectivity index (χ0) is 16.8. The molecule has 1 aromatic carbocycles. The molecule has 23 heavy (non-hydrogen) atoms. The Bertz CT molecular complexity index is 582. The molecule has 0 aliphatic carbocycles. The summed E-state index contributed by atoms with van der Waals surface area (Å²) < 4.78 is 5.37. The summed E-state index contributed by atoms with van der Waals surface area (Å²) in [6.07, 6.45) is 1.05. The lowest BCUT2D eigenvalue weighted by atomic mass is 9.95. The number of halogens is 1. The smallest absolute Gasteiger partial charge is 0.312 e. The van der Waals surface area contributed by atoms with Gasteiger partial charge in [0.2, 0.25) is 5.91 Å². The molecule has 1 amide bonds. The molecule has 0 aromatic heterocycles. The zero-order valence-corrected chi connectivity index (χ0v) is 13.6. The van der Waals surface area contributed by atoms with Crippen molar-refractivity contribution in [3.05, 3.63) is 33.3 Å². The summed E-state index contributed by atoms with van der Waals surface area (Å²) >= 11 is 5.74. The van der Waals surface area contributed by atoms with Crippen LogP contribution in [0.1, 0.15) is 19.8 Å². The van der Waals surface area contributed by atoms with Gasteiger partial charge in [-0.3, -0.25) is 14.9 Å². The van der Waals surface area contributed by atoms with E-state index in [1.807, 2.05) is 0 Å². The number of nitro groups is 1. The molecule has 2 rings (SSSR count). The van der Waals surface area contributed by atoms with Gasteiger partial charge in [-0.2, -0.15) is 0 Å². The number of piperidine rings is 1. The maximum absolute atomic E-state index is 12.0. The van der Waals surface area contributed by atoms with E-state index in [-0.39, 0.29) is 41.4 Å². The maximum Gasteiger partial charge on any atom is 0.312 e. The Balaban J connectivity index is 1.82. The fraction of sp³-hybridized carbons (Fsp3) is 0.533. The van der Waals surface area contributed by atoms with E-state index in [2.05, 4.69) is 17.6 Å². The fourth-order valence-corrected chi connectivity index (χ4v) is 2.68. The van der Waals surface area contributed by atoms with Crippen LogP contribution < -0.4 is 15.4 Å². The van der Waals surface area contributed by atoms with Gasteiger partial charge in [-0.1, -0.05) is 18.5 Å². The second kappa shape index (κ2) is 8.12. The minimum absolute atomic E-state index is 0.0770. The van der Waals surface area contributed by atoms with Gasteiger partial charge < -0.3 is 15.4 Å². The standard InChI is InChI=1S/C15H20ClN3O4/c1-10-9-17-6-4-12(10)18-15(20)5-7-23-14-3-2-11(16)8-13(14)19(21)22/h2-3,8,10,12,17H,4-7,9H2,1H3,(H,18,20). The normalized spacial score (nSPS) is 20.8. The van der Waals surface area contributed by atoms with Crippen molar-refractivity contribution in [3.8, 4) is 5.75 Å². The van der Waals surface area contributed by atoms with E-state index in [4.69, 9.17) is 16.3 Å². The van der Waals surface area contributed by atoms with Crippen LogP contribution in [0.25, 0.3) is 0 Å². The molecule has 0 radical (unpaired) electrons. The molecule has 1 aromatic rings. The summed E-state index contributed by atoms with van der Waals surface area (Å²) in [4.78, 5) is 22.3. The van der Waals surface area contributed by atoms with E-state index in [0.29, 0.717) is 5.92 Å². The lowest BCUT2D eigenvalue weighted by Gasteiger charge is -2.30. The topological polar surface area (TPSA) is 93.5 Å². The predicted molar refractivity (Wildman–Crippen MR) is 86.8 cm³/mol. The van der Waals surface area contributed by atoms with Gasteiger partial charge in [0.15, 0.2) is 5.75 Å². The second-order valence-electron chi connectivity index (χ2n) is 5.61. The highest BCUT2D eigenvalue weighted by Crippen LogP contribution is 2.29. The third kappa shape index (κ3) is 5.07. The summed E-state index contributed by atoms with van der Waals surface area (Å²) in [5.41, 5.74) is -0.204. The molecule has 7 nitrogen and oxygen atoms in total. The molecule has 2 unspecified atom stereocenters. The van der Waals surface area contributed by atoms with Crippen LogP contribution in [-0.4, -0.2) is 36.6 Å². The Kier molecular flexibility index (Phi) is 6.18. The van der Waals surface area contributed by atoms with E-state index in [1.54, 1.807) is 0 Å². The monoisotopic (exact) mass is 341 g/mol. The Morgan fingerprint density at radius 3 is 3.04 bits per heavy atom. The number of hydrogen-bond acceptors (Lipinski definition) is 5. The van der Waals surface area contributed by atoms with Gasteiger partial charge in [-0.05, 0) is 37.6 Å². The summed E-state index contributed by atoms with van der Waals surface area (Å²) in [6.45, 7) is 3.94. The second-order valence-corrected chi connectivity index (χ2v) is 6.05. The Morgan fingerprint density at radius 2 is 2.35 bits per heavy atom. The largest absolute Gasteiger partial charge is 0.486 e. The minimum Gasteiger partial charge on any atom is -0.486 e. The molecule has 126 valence electrons. The van der Waals surface area contributed by atoms with Crippen molar-refractivity contribution < 1.29 is 14.5 Å². The molecular weight excluding hydrogens is 322 g/mol. The number of nitro benzene ring substituents is 1. The summed E-state index contributed by atoms with van der Waals surface area (Å²) in [7, 11) is 0. The lowest BCUT2D eigenvalue weighted by Crippen LogP contribution is -2.48. The molecule has 1 aliphatic heterocycles. The van der Waals surface area contributed by atoms with E-state index in [0.717, 1.165) is 19.5 Å². The average molecular weight is 342 g/mol. The number of carbonyl (C=O) groups excluding carboxylic acids is 1. The van der Waals surface area contributed by atoms with E-state index in [1.165, 1.54) is 18.2 Å². The SMILES string of the molecule is CC1CNCCC1NC(=O)CCOc1ccc(Cl)cc1[N+](=O)[O-]. The molecule has 1 aliphatic rings. The number of nitrogens with one attached hydrogen (secondary N) is 2. The zero-order valence-electron chi connectivity index (χ0n) is 12.9. The maximum atomic E-state index is 12.0. The predicted octanol–water partition coefficient (Wildman–Crippen LogP) is 2.13. The van der Waals surface area contributed by atoms with Crippen molar-refractivity contribution in [1.82, 2.24) is 10.6 Å². The highest BCUT2D eigenvalue weighted by Gasteiger charge is 2.22. The van der Waals surface area contributed by atoms with Gasteiger partial charge in [0.05, 0.1) is 18.0 Å². The number of amides is 1. The highest BCUT2D eigenvalue weighted by atomic mass is 35.5. The number of benzene rings is 1. The molecule has 0 spiro atoms. The van der Waals surface area contributed by atoms with Gasteiger partial charge in [0, 0.05) is 17.1 Å². The first kappa shape index (κ1) is 17.5. The van der Waals surface area contributed by atoms with Crippen LogP contribution in [-0.2, 0) is 4.79 Å². The number of rotatable bonds is 6. The van der Waals surface area contributed by atoms with E-state index < -0.39 is 4.92 Å². The van der Waals surface area contributed by atoms with Crippen molar-refractivity contribution in [2.45, 2.75) is 25.8 Å². The molecule has 1 saturated heterocycles. The fourth-order valence-electron chi connectivity index (χ4n) is 2.52. The Hall–Kier alpha value is -1.86. The van der Waals surface area contributed by atoms with Crippen molar-refractivity contribution >= 4 is 23.2 Å². The number of hydrogen-bond donors (Lipinski definition) is 2. The van der Waals surface area contributed by atoms with Crippen LogP contribution >= 0.6 is 11.6 Å². The molecule has 1 fully saturated rings. The Morgan fingerprint density at radius 1 is 1.57 bits per heavy atom. The van der Waals surface area contributed by atoms with Crippen LogP contribution in [0, 0.1) is 16.0 Å². The number of ether oxygens (including phenoxy) is 1. The first-order valence-electron chi connectivity index (χ1n) is 7.54. The quantitative estimate of drug-likeness (QED) is 0.610. The van der Waals surface area contributed by atoms with Crippen molar-refractivity contribution in [3.63, 3.8) is 0 Å². The highest BCUT2D eigenvalue weighted by molar-refractivity contribution is 6.30. The first-order chi connectivity index (χ1) is 11.0. The van der Waals surface area contributed by atoms with Gasteiger partial charge in [-0.25, -0.2) is 0 Å². The van der Waals surface area contributed by atoms with Gasteiger partial charge in [0.25, 0.3) is 0 Å². The molecule has 1 heterocycles. The van der Waals surface area contributed by atoms with Crippen molar-refractivity contribution in [2.24, 2.45) is 5.92 Å². The summed E-state index contributed by atoms with van der Waals surface area (Å²) in [5.74, 6) is 0.383. The van der Waals surface area contributed by atoms with Crippen LogP contribution in [0.4, 0.5) is 5.69 Å². The summed E-state index contributed by atoms with van der Waals surface area (Å²) in [6, 6.07) is 4.34. The third-order valence-electron chi connectivity index (χ3n) is 3.84. The van der Waals surface area contributed by atoms with Gasteiger partial charge >= 0.3 is 5.69 Å². The number of nitrogens with zero attached hydrogens (tertiary/aromatic N) is 1. The molecule has 0 saturated carbocycles. The summed E-state index contributed by atoms with van der Waals surface area (Å²) in [5, 5.41) is 17.5. The number of carbonyl (C=O) groups is 1. The first-order valence-corrected chi connectivity index (χ1v) is 7.92. The molecule has 2 N–H and O–H groups in total. The van der Waals surface area contributed by atoms with Crippen LogP contribution in [0.5, 0.6) is 5.75 Å². The molecule has 0 bridgehead atoms. The Labute approximate surface area is 139 Å². The van der Waals surface area contributed by atoms with Gasteiger partial charge in [-0.15, -0.1) is 0 Å². The van der Waals surface area contributed by atoms with E-state index >= 15 is 0 Å².